The summed E-state index contributed by atoms with van der Waals surface area (Å²) in [6, 6.07) is 0. The Labute approximate surface area is 97.3 Å². The molecule has 0 radical (unpaired) electrons. The van der Waals surface area contributed by atoms with Gasteiger partial charge in [-0.1, -0.05) is 20.8 Å². The summed E-state index contributed by atoms with van der Waals surface area (Å²) in [4.78, 5) is 13.7. The first-order valence-electron chi connectivity index (χ1n) is 6.17. The smallest absolute Gasteiger partial charge is 0.410 e. The quantitative estimate of drug-likeness (QED) is 0.775. The van der Waals surface area contributed by atoms with Crippen LogP contribution in [0.1, 0.15) is 27.2 Å². The van der Waals surface area contributed by atoms with Crippen LogP contribution >= 0.6 is 0 Å². The lowest BCUT2D eigenvalue weighted by molar-refractivity contribution is 0.0406. The maximum Gasteiger partial charge on any atom is 0.410 e. The molecule has 2 saturated heterocycles. The van der Waals surface area contributed by atoms with Crippen molar-refractivity contribution in [3.63, 3.8) is 0 Å². The molecule has 0 aromatic carbocycles. The first-order valence-corrected chi connectivity index (χ1v) is 6.17. The Balaban J connectivity index is 1.85. The maximum absolute atomic E-state index is 11.8. The molecule has 0 aromatic rings. The summed E-state index contributed by atoms with van der Waals surface area (Å²) in [6.07, 6.45) is 1.05. The average Bonchev–Trinajstić information content (AvgIpc) is 2.56. The minimum atomic E-state index is -0.129. The molecule has 0 aromatic heterocycles. The normalized spacial score (nSPS) is 30.6. The van der Waals surface area contributed by atoms with Crippen molar-refractivity contribution < 1.29 is 9.53 Å². The SMILES string of the molecule is CC(C)[C@@]1(C)CCN(C(=O)OC2CNC2)C1. The van der Waals surface area contributed by atoms with Crippen LogP contribution in [0.4, 0.5) is 4.79 Å². The molecular weight excluding hydrogens is 204 g/mol. The average molecular weight is 226 g/mol. The lowest BCUT2D eigenvalue weighted by atomic mass is 9.79. The van der Waals surface area contributed by atoms with Crippen LogP contribution in [0.3, 0.4) is 0 Å². The minimum Gasteiger partial charge on any atom is -0.443 e. The summed E-state index contributed by atoms with van der Waals surface area (Å²) in [5, 5.41) is 3.10. The van der Waals surface area contributed by atoms with E-state index < -0.39 is 0 Å². The van der Waals surface area contributed by atoms with Crippen LogP contribution in [-0.2, 0) is 4.74 Å². The summed E-state index contributed by atoms with van der Waals surface area (Å²) in [7, 11) is 0. The zero-order valence-electron chi connectivity index (χ0n) is 10.5. The fraction of sp³-hybridized carbons (Fsp3) is 0.917. The van der Waals surface area contributed by atoms with E-state index in [9.17, 15) is 4.79 Å². The van der Waals surface area contributed by atoms with Gasteiger partial charge >= 0.3 is 6.09 Å². The summed E-state index contributed by atoms with van der Waals surface area (Å²) in [5.41, 5.74) is 0.261. The molecule has 1 N–H and O–H groups in total. The summed E-state index contributed by atoms with van der Waals surface area (Å²) >= 11 is 0. The second-order valence-electron chi connectivity index (χ2n) is 5.64. The highest BCUT2D eigenvalue weighted by Crippen LogP contribution is 2.37. The van der Waals surface area contributed by atoms with Crippen molar-refractivity contribution in [1.29, 1.82) is 0 Å². The lowest BCUT2D eigenvalue weighted by Gasteiger charge is -2.31. The number of carbonyl (C=O) groups is 1. The Kier molecular flexibility index (Phi) is 3.10. The van der Waals surface area contributed by atoms with Gasteiger partial charge in [0.1, 0.15) is 6.10 Å². The third kappa shape index (κ3) is 2.17. The molecule has 0 aliphatic carbocycles. The zero-order chi connectivity index (χ0) is 11.8. The molecule has 2 fully saturated rings. The third-order valence-electron chi connectivity index (χ3n) is 4.17. The molecule has 16 heavy (non-hydrogen) atoms. The maximum atomic E-state index is 11.8. The molecule has 0 saturated carbocycles. The van der Waals surface area contributed by atoms with E-state index in [0.717, 1.165) is 32.6 Å². The second kappa shape index (κ2) is 4.24. The van der Waals surface area contributed by atoms with Gasteiger partial charge in [-0.25, -0.2) is 4.79 Å². The monoisotopic (exact) mass is 226 g/mol. The van der Waals surface area contributed by atoms with Crippen molar-refractivity contribution in [2.45, 2.75) is 33.3 Å². The Hall–Kier alpha value is -0.770. The van der Waals surface area contributed by atoms with Crippen LogP contribution in [0.5, 0.6) is 0 Å². The highest BCUT2D eigenvalue weighted by atomic mass is 16.6. The van der Waals surface area contributed by atoms with Crippen LogP contribution in [0.25, 0.3) is 0 Å². The Bertz CT molecular complexity index is 276. The van der Waals surface area contributed by atoms with Gasteiger partial charge in [-0.15, -0.1) is 0 Å². The first kappa shape index (κ1) is 11.7. The predicted octanol–water partition coefficient (Wildman–Crippen LogP) is 1.46. The van der Waals surface area contributed by atoms with Gasteiger partial charge in [0.15, 0.2) is 0 Å². The van der Waals surface area contributed by atoms with Crippen LogP contribution in [0, 0.1) is 11.3 Å². The van der Waals surface area contributed by atoms with Gasteiger partial charge in [-0.05, 0) is 17.8 Å². The molecule has 4 nitrogen and oxygen atoms in total. The molecule has 4 heteroatoms. The van der Waals surface area contributed by atoms with E-state index >= 15 is 0 Å². The minimum absolute atomic E-state index is 0.0957. The van der Waals surface area contributed by atoms with Gasteiger partial charge in [0.25, 0.3) is 0 Å². The summed E-state index contributed by atoms with van der Waals surface area (Å²) < 4.78 is 5.37. The van der Waals surface area contributed by atoms with Crippen molar-refractivity contribution in [2.75, 3.05) is 26.2 Å². The van der Waals surface area contributed by atoms with Gasteiger partial charge in [-0.2, -0.15) is 0 Å². The molecule has 0 bridgehead atoms. The number of amides is 1. The number of nitrogens with one attached hydrogen (secondary N) is 1. The summed E-state index contributed by atoms with van der Waals surface area (Å²) in [6.45, 7) is 10.0. The molecule has 2 aliphatic heterocycles. The number of nitrogens with zero attached hydrogens (tertiary/aromatic N) is 1. The van der Waals surface area contributed by atoms with Crippen LogP contribution in [-0.4, -0.2) is 43.3 Å². The molecule has 0 spiro atoms. The van der Waals surface area contributed by atoms with Crippen LogP contribution < -0.4 is 5.32 Å². The molecular formula is C12H22N2O2. The van der Waals surface area contributed by atoms with Crippen molar-refractivity contribution in [3.8, 4) is 0 Å². The molecule has 2 aliphatic rings. The van der Waals surface area contributed by atoms with Crippen molar-refractivity contribution >= 4 is 6.09 Å². The van der Waals surface area contributed by atoms with Gasteiger partial charge in [-0.3, -0.25) is 0 Å². The van der Waals surface area contributed by atoms with E-state index in [-0.39, 0.29) is 17.6 Å². The molecule has 2 heterocycles. The zero-order valence-corrected chi connectivity index (χ0v) is 10.5. The van der Waals surface area contributed by atoms with E-state index in [1.54, 1.807) is 0 Å². The van der Waals surface area contributed by atoms with Crippen molar-refractivity contribution in [2.24, 2.45) is 11.3 Å². The van der Waals surface area contributed by atoms with E-state index in [4.69, 9.17) is 4.74 Å². The van der Waals surface area contributed by atoms with Gasteiger partial charge in [0, 0.05) is 26.2 Å². The number of hydrogen-bond donors (Lipinski definition) is 1. The lowest BCUT2D eigenvalue weighted by Crippen LogP contribution is -2.51. The second-order valence-corrected chi connectivity index (χ2v) is 5.64. The topological polar surface area (TPSA) is 41.6 Å². The van der Waals surface area contributed by atoms with Gasteiger partial charge < -0.3 is 15.0 Å². The highest BCUT2D eigenvalue weighted by Gasteiger charge is 2.39. The van der Waals surface area contributed by atoms with Gasteiger partial charge in [0.05, 0.1) is 0 Å². The standard InChI is InChI=1S/C12H22N2O2/c1-9(2)12(3)4-5-14(8-12)11(15)16-10-6-13-7-10/h9-10,13H,4-8H2,1-3H3/t12-/m0/s1. The fourth-order valence-corrected chi connectivity index (χ4v) is 2.17. The Morgan fingerprint density at radius 2 is 2.19 bits per heavy atom. The van der Waals surface area contributed by atoms with E-state index in [1.165, 1.54) is 0 Å². The predicted molar refractivity (Wildman–Crippen MR) is 62.3 cm³/mol. The van der Waals surface area contributed by atoms with Crippen LogP contribution in [0.15, 0.2) is 0 Å². The Morgan fingerprint density at radius 3 is 2.62 bits per heavy atom. The molecule has 92 valence electrons. The molecule has 1 amide bonds. The number of likely N-dealkylation sites (tertiary alicyclic amines) is 1. The van der Waals surface area contributed by atoms with Crippen molar-refractivity contribution in [1.82, 2.24) is 10.2 Å². The van der Waals surface area contributed by atoms with E-state index in [0.29, 0.717) is 5.92 Å². The number of hydrogen-bond acceptors (Lipinski definition) is 3. The molecule has 1 atom stereocenters. The van der Waals surface area contributed by atoms with E-state index in [1.807, 2.05) is 4.90 Å². The molecule has 0 unspecified atom stereocenters. The van der Waals surface area contributed by atoms with E-state index in [2.05, 4.69) is 26.1 Å². The highest BCUT2D eigenvalue weighted by molar-refractivity contribution is 5.68. The first-order chi connectivity index (χ1) is 7.51. The van der Waals surface area contributed by atoms with Crippen LogP contribution in [0.2, 0.25) is 0 Å². The third-order valence-corrected chi connectivity index (χ3v) is 4.17. The molecule has 2 rings (SSSR count). The summed E-state index contributed by atoms with van der Waals surface area (Å²) in [5.74, 6) is 0.607. The fourth-order valence-electron chi connectivity index (χ4n) is 2.17. The van der Waals surface area contributed by atoms with Crippen molar-refractivity contribution in [3.05, 3.63) is 0 Å². The number of ether oxygens (including phenoxy) is 1. The Morgan fingerprint density at radius 1 is 1.50 bits per heavy atom. The number of carbonyl (C=O) groups excluding carboxylic acids is 1. The largest absolute Gasteiger partial charge is 0.443 e. The van der Waals surface area contributed by atoms with Gasteiger partial charge in [0.2, 0.25) is 0 Å². The number of rotatable bonds is 2.